The molecular formula is C26H26O6. The number of rotatable bonds is 5. The van der Waals surface area contributed by atoms with Crippen LogP contribution in [0.2, 0.25) is 0 Å². The summed E-state index contributed by atoms with van der Waals surface area (Å²) >= 11 is 0. The standard InChI is InChI=1S/C26H26O6/c1-16(27)32-26-11-10-21-19-9-8-18(30-2)12-20(19)23(28)25(21,15-26)13-22(26)24(29)31-14-17-6-4-3-5-7-17/h3-9,12,21-22H,10-11,13-15H2,1-2H3. The Balaban J connectivity index is 1.48. The third-order valence-electron chi connectivity index (χ3n) is 7.53. The molecule has 0 heterocycles. The molecule has 5 rings (SSSR count). The normalized spacial score (nSPS) is 29.8. The Bertz CT molecular complexity index is 1090. The first-order valence-electron chi connectivity index (χ1n) is 11.0. The molecule has 0 aromatic heterocycles. The molecule has 1 spiro atoms. The quantitative estimate of drug-likeness (QED) is 0.656. The molecule has 2 bridgehead atoms. The van der Waals surface area contributed by atoms with Crippen LogP contribution < -0.4 is 4.74 Å². The molecule has 4 atom stereocenters. The lowest BCUT2D eigenvalue weighted by Gasteiger charge is -2.41. The number of Topliss-reactive ketones (excluding diaryl/α,β-unsaturated/α-hetero) is 1. The fourth-order valence-corrected chi connectivity index (χ4v) is 6.26. The SMILES string of the molecule is COc1ccc2c(c1)C(=O)C13CC(C(=O)OCc4ccccc4)C(OC(C)=O)(CCC21)C3. The van der Waals surface area contributed by atoms with Crippen molar-refractivity contribution >= 4 is 17.7 Å². The van der Waals surface area contributed by atoms with Crippen molar-refractivity contribution in [3.8, 4) is 5.75 Å². The first kappa shape index (κ1) is 20.7. The summed E-state index contributed by atoms with van der Waals surface area (Å²) in [6.45, 7) is 1.50. The highest BCUT2D eigenvalue weighted by Gasteiger charge is 2.70. The molecule has 6 heteroatoms. The van der Waals surface area contributed by atoms with Crippen molar-refractivity contribution in [1.82, 2.24) is 0 Å². The van der Waals surface area contributed by atoms with Crippen LogP contribution in [0.5, 0.6) is 5.75 Å². The van der Waals surface area contributed by atoms with Gasteiger partial charge in [-0.3, -0.25) is 14.4 Å². The monoisotopic (exact) mass is 434 g/mol. The van der Waals surface area contributed by atoms with Gasteiger partial charge in [0.15, 0.2) is 5.78 Å². The molecule has 0 amide bonds. The smallest absolute Gasteiger partial charge is 0.313 e. The van der Waals surface area contributed by atoms with Crippen molar-refractivity contribution in [1.29, 1.82) is 0 Å². The molecule has 166 valence electrons. The van der Waals surface area contributed by atoms with Gasteiger partial charge < -0.3 is 14.2 Å². The predicted molar refractivity (Wildman–Crippen MR) is 115 cm³/mol. The van der Waals surface area contributed by atoms with Gasteiger partial charge in [-0.25, -0.2) is 0 Å². The Hall–Kier alpha value is -3.15. The molecule has 2 aromatic rings. The number of fused-ring (bicyclic) bond motifs is 3. The van der Waals surface area contributed by atoms with Gasteiger partial charge in [-0.15, -0.1) is 0 Å². The summed E-state index contributed by atoms with van der Waals surface area (Å²) in [7, 11) is 1.58. The highest BCUT2D eigenvalue weighted by atomic mass is 16.6. The summed E-state index contributed by atoms with van der Waals surface area (Å²) in [5.41, 5.74) is 0.795. The van der Waals surface area contributed by atoms with Crippen LogP contribution in [0.15, 0.2) is 48.5 Å². The van der Waals surface area contributed by atoms with Crippen LogP contribution in [0.3, 0.4) is 0 Å². The van der Waals surface area contributed by atoms with Gasteiger partial charge in [0.2, 0.25) is 0 Å². The van der Waals surface area contributed by atoms with E-state index in [1.54, 1.807) is 13.2 Å². The zero-order chi connectivity index (χ0) is 22.5. The van der Waals surface area contributed by atoms with Crippen molar-refractivity contribution in [2.45, 2.75) is 50.7 Å². The van der Waals surface area contributed by atoms with Gasteiger partial charge in [-0.1, -0.05) is 36.4 Å². The maximum absolute atomic E-state index is 13.7. The maximum atomic E-state index is 13.7. The lowest BCUT2D eigenvalue weighted by molar-refractivity contribution is -0.174. The van der Waals surface area contributed by atoms with Crippen molar-refractivity contribution in [3.05, 3.63) is 65.2 Å². The van der Waals surface area contributed by atoms with Gasteiger partial charge in [0, 0.05) is 24.3 Å². The first-order valence-corrected chi connectivity index (χ1v) is 11.0. The molecule has 0 N–H and O–H groups in total. The van der Waals surface area contributed by atoms with E-state index in [-0.39, 0.29) is 18.3 Å². The largest absolute Gasteiger partial charge is 0.497 e. The van der Waals surface area contributed by atoms with Gasteiger partial charge >= 0.3 is 11.9 Å². The number of esters is 2. The predicted octanol–water partition coefficient (Wildman–Crippen LogP) is 4.21. The number of ether oxygens (including phenoxy) is 3. The van der Waals surface area contributed by atoms with Gasteiger partial charge in [-0.05, 0) is 48.4 Å². The lowest BCUT2D eigenvalue weighted by atomic mass is 9.66. The van der Waals surface area contributed by atoms with Crippen LogP contribution in [-0.2, 0) is 25.7 Å². The second-order valence-corrected chi connectivity index (χ2v) is 9.21. The summed E-state index contributed by atoms with van der Waals surface area (Å²) in [4.78, 5) is 39.0. The minimum absolute atomic E-state index is 0.00603. The molecule has 0 saturated heterocycles. The van der Waals surface area contributed by atoms with Crippen molar-refractivity contribution in [2.75, 3.05) is 7.11 Å². The maximum Gasteiger partial charge on any atom is 0.313 e. The van der Waals surface area contributed by atoms with E-state index in [1.165, 1.54) is 6.92 Å². The number of carbonyl (C=O) groups is 3. The highest BCUT2D eigenvalue weighted by molar-refractivity contribution is 6.07. The Labute approximate surface area is 186 Å². The van der Waals surface area contributed by atoms with E-state index in [0.717, 1.165) is 11.1 Å². The second kappa shape index (κ2) is 7.47. The third-order valence-corrected chi connectivity index (χ3v) is 7.53. The van der Waals surface area contributed by atoms with Crippen LogP contribution in [0.4, 0.5) is 0 Å². The van der Waals surface area contributed by atoms with Gasteiger partial charge in [0.1, 0.15) is 18.0 Å². The van der Waals surface area contributed by atoms with E-state index in [0.29, 0.717) is 37.0 Å². The van der Waals surface area contributed by atoms with Gasteiger partial charge in [0.05, 0.1) is 13.0 Å². The Kier molecular flexibility index (Phi) is 4.84. The van der Waals surface area contributed by atoms with Crippen LogP contribution in [0.25, 0.3) is 0 Å². The van der Waals surface area contributed by atoms with Crippen molar-refractivity contribution < 1.29 is 28.6 Å². The summed E-state index contributed by atoms with van der Waals surface area (Å²) in [6.07, 6.45) is 1.89. The number of hydrogen-bond donors (Lipinski definition) is 0. The van der Waals surface area contributed by atoms with Gasteiger partial charge in [-0.2, -0.15) is 0 Å². The molecule has 0 aliphatic heterocycles. The van der Waals surface area contributed by atoms with Crippen molar-refractivity contribution in [2.24, 2.45) is 11.3 Å². The number of carbonyl (C=O) groups excluding carboxylic acids is 3. The van der Waals surface area contributed by atoms with E-state index in [2.05, 4.69) is 0 Å². The molecule has 0 radical (unpaired) electrons. The Morgan fingerprint density at radius 3 is 2.62 bits per heavy atom. The average Bonchev–Trinajstić information content (AvgIpc) is 3.19. The molecule has 32 heavy (non-hydrogen) atoms. The molecule has 3 aliphatic rings. The van der Waals surface area contributed by atoms with Crippen LogP contribution in [-0.4, -0.2) is 30.4 Å². The van der Waals surface area contributed by atoms with E-state index in [4.69, 9.17) is 14.2 Å². The molecule has 3 aliphatic carbocycles. The minimum Gasteiger partial charge on any atom is -0.497 e. The van der Waals surface area contributed by atoms with Crippen LogP contribution in [0, 0.1) is 11.3 Å². The van der Waals surface area contributed by atoms with E-state index in [9.17, 15) is 14.4 Å². The molecule has 2 fully saturated rings. The summed E-state index contributed by atoms with van der Waals surface area (Å²) in [5.74, 6) is -0.854. The first-order chi connectivity index (χ1) is 15.4. The summed E-state index contributed by atoms with van der Waals surface area (Å²) in [6, 6.07) is 15.1. The molecule has 6 nitrogen and oxygen atoms in total. The van der Waals surface area contributed by atoms with Crippen LogP contribution >= 0.6 is 0 Å². The number of ketones is 1. The highest BCUT2D eigenvalue weighted by Crippen LogP contribution is 2.68. The molecule has 4 unspecified atom stereocenters. The number of benzene rings is 2. The fraction of sp³-hybridized carbons (Fsp3) is 0.423. The average molecular weight is 434 g/mol. The third kappa shape index (κ3) is 3.04. The van der Waals surface area contributed by atoms with Gasteiger partial charge in [0.25, 0.3) is 0 Å². The zero-order valence-corrected chi connectivity index (χ0v) is 18.3. The summed E-state index contributed by atoms with van der Waals surface area (Å²) < 4.78 is 16.8. The molecule has 2 saturated carbocycles. The zero-order valence-electron chi connectivity index (χ0n) is 18.3. The number of hydrogen-bond acceptors (Lipinski definition) is 6. The molecule has 2 aromatic carbocycles. The van der Waals surface area contributed by atoms with E-state index in [1.807, 2.05) is 42.5 Å². The lowest BCUT2D eigenvalue weighted by Crippen LogP contribution is -2.45. The number of methoxy groups -OCH3 is 1. The van der Waals surface area contributed by atoms with E-state index >= 15 is 0 Å². The van der Waals surface area contributed by atoms with Crippen molar-refractivity contribution in [3.63, 3.8) is 0 Å². The topological polar surface area (TPSA) is 78.9 Å². The summed E-state index contributed by atoms with van der Waals surface area (Å²) in [5, 5.41) is 0. The van der Waals surface area contributed by atoms with E-state index < -0.39 is 28.9 Å². The Morgan fingerprint density at radius 2 is 1.91 bits per heavy atom. The fourth-order valence-electron chi connectivity index (χ4n) is 6.26. The minimum atomic E-state index is -1.00. The Morgan fingerprint density at radius 1 is 1.12 bits per heavy atom. The molecular weight excluding hydrogens is 408 g/mol. The second-order valence-electron chi connectivity index (χ2n) is 9.21. The van der Waals surface area contributed by atoms with Crippen LogP contribution in [0.1, 0.15) is 60.0 Å².